The molecule has 2 aliphatic rings. The molecule has 1 aliphatic heterocycles. The van der Waals surface area contributed by atoms with Crippen molar-refractivity contribution in [3.8, 4) is 0 Å². The quantitative estimate of drug-likeness (QED) is 0.807. The van der Waals surface area contributed by atoms with Crippen molar-refractivity contribution in [2.75, 3.05) is 13.2 Å². The van der Waals surface area contributed by atoms with E-state index in [2.05, 4.69) is 4.72 Å². The SMILES string of the molecule is O=C1CCC(NS(=O)(=O)C2CCOCC2)CC1. The van der Waals surface area contributed by atoms with E-state index in [9.17, 15) is 13.2 Å². The minimum absolute atomic E-state index is 0.0551. The molecule has 0 aromatic carbocycles. The van der Waals surface area contributed by atoms with Crippen LogP contribution in [0.2, 0.25) is 0 Å². The van der Waals surface area contributed by atoms with Crippen LogP contribution in [0.25, 0.3) is 0 Å². The number of Topliss-reactive ketones (excluding diaryl/α,β-unsaturated/α-hetero) is 1. The molecule has 1 saturated heterocycles. The first-order valence-corrected chi connectivity index (χ1v) is 7.73. The first-order chi connectivity index (χ1) is 8.08. The summed E-state index contributed by atoms with van der Waals surface area (Å²) in [5.74, 6) is 0.242. The predicted molar refractivity (Wildman–Crippen MR) is 63.2 cm³/mol. The summed E-state index contributed by atoms with van der Waals surface area (Å²) in [4.78, 5) is 11.1. The van der Waals surface area contributed by atoms with Gasteiger partial charge in [0.15, 0.2) is 0 Å². The molecule has 6 heteroatoms. The molecule has 0 radical (unpaired) electrons. The van der Waals surface area contributed by atoms with Crippen LogP contribution < -0.4 is 4.72 Å². The molecule has 1 N–H and O–H groups in total. The van der Waals surface area contributed by atoms with Crippen LogP contribution >= 0.6 is 0 Å². The molecule has 2 fully saturated rings. The monoisotopic (exact) mass is 261 g/mol. The minimum Gasteiger partial charge on any atom is -0.381 e. The third-order valence-electron chi connectivity index (χ3n) is 3.48. The summed E-state index contributed by atoms with van der Waals surface area (Å²) >= 11 is 0. The summed E-state index contributed by atoms with van der Waals surface area (Å²) in [5, 5.41) is -0.325. The minimum atomic E-state index is -3.24. The summed E-state index contributed by atoms with van der Waals surface area (Å²) in [7, 11) is -3.24. The molecule has 17 heavy (non-hydrogen) atoms. The van der Waals surface area contributed by atoms with E-state index >= 15 is 0 Å². The van der Waals surface area contributed by atoms with E-state index < -0.39 is 10.0 Å². The lowest BCUT2D eigenvalue weighted by Crippen LogP contribution is -2.44. The Hall–Kier alpha value is -0.460. The highest BCUT2D eigenvalue weighted by Gasteiger charge is 2.31. The number of carbonyl (C=O) groups excluding carboxylic acids is 1. The number of rotatable bonds is 3. The van der Waals surface area contributed by atoms with Crippen molar-refractivity contribution < 1.29 is 17.9 Å². The molecule has 0 unspecified atom stereocenters. The normalized spacial score (nSPS) is 25.1. The van der Waals surface area contributed by atoms with Gasteiger partial charge in [0.1, 0.15) is 5.78 Å². The molecule has 0 amide bonds. The van der Waals surface area contributed by atoms with Gasteiger partial charge in [-0.2, -0.15) is 0 Å². The van der Waals surface area contributed by atoms with Crippen LogP contribution in [0.3, 0.4) is 0 Å². The highest BCUT2D eigenvalue weighted by molar-refractivity contribution is 7.90. The van der Waals surface area contributed by atoms with Crippen LogP contribution in [0, 0.1) is 0 Å². The highest BCUT2D eigenvalue weighted by atomic mass is 32.2. The number of ether oxygens (including phenoxy) is 1. The summed E-state index contributed by atoms with van der Waals surface area (Å²) in [6.07, 6.45) is 3.42. The molecule has 1 aliphatic carbocycles. The molecular weight excluding hydrogens is 242 g/mol. The Morgan fingerprint density at radius 2 is 1.65 bits per heavy atom. The van der Waals surface area contributed by atoms with Crippen molar-refractivity contribution in [1.29, 1.82) is 0 Å². The van der Waals surface area contributed by atoms with Crippen molar-refractivity contribution in [3.05, 3.63) is 0 Å². The Morgan fingerprint density at radius 3 is 2.24 bits per heavy atom. The van der Waals surface area contributed by atoms with Crippen molar-refractivity contribution in [3.63, 3.8) is 0 Å². The lowest BCUT2D eigenvalue weighted by atomic mass is 9.95. The third kappa shape index (κ3) is 3.50. The van der Waals surface area contributed by atoms with Gasteiger partial charge in [0.05, 0.1) is 5.25 Å². The van der Waals surface area contributed by atoms with Gasteiger partial charge in [-0.1, -0.05) is 0 Å². The van der Waals surface area contributed by atoms with Gasteiger partial charge in [-0.05, 0) is 25.7 Å². The standard InChI is InChI=1S/C11H19NO4S/c13-10-3-1-9(2-4-10)12-17(14,15)11-5-7-16-8-6-11/h9,11-12H,1-8H2. The van der Waals surface area contributed by atoms with Crippen LogP contribution in [-0.4, -0.2) is 38.7 Å². The molecule has 5 nitrogen and oxygen atoms in total. The zero-order valence-electron chi connectivity index (χ0n) is 9.85. The molecule has 1 heterocycles. The number of nitrogens with one attached hydrogen (secondary N) is 1. The van der Waals surface area contributed by atoms with E-state index in [-0.39, 0.29) is 17.1 Å². The maximum Gasteiger partial charge on any atom is 0.214 e. The molecular formula is C11H19NO4S. The Bertz CT molecular complexity index is 363. The molecule has 0 aromatic heterocycles. The van der Waals surface area contributed by atoms with Crippen LogP contribution in [0.1, 0.15) is 38.5 Å². The first kappa shape index (κ1) is 13.0. The van der Waals surface area contributed by atoms with Gasteiger partial charge in [0, 0.05) is 32.1 Å². The largest absolute Gasteiger partial charge is 0.381 e. The van der Waals surface area contributed by atoms with Crippen molar-refractivity contribution in [1.82, 2.24) is 4.72 Å². The van der Waals surface area contributed by atoms with Gasteiger partial charge >= 0.3 is 0 Å². The molecule has 2 rings (SSSR count). The fourth-order valence-electron chi connectivity index (χ4n) is 2.37. The summed E-state index contributed by atoms with van der Waals surface area (Å²) in [5.41, 5.74) is 0. The molecule has 0 spiro atoms. The van der Waals surface area contributed by atoms with Gasteiger partial charge in [-0.15, -0.1) is 0 Å². The third-order valence-corrected chi connectivity index (χ3v) is 5.49. The zero-order valence-corrected chi connectivity index (χ0v) is 10.7. The van der Waals surface area contributed by atoms with Crippen molar-refractivity contribution in [2.45, 2.75) is 49.8 Å². The summed E-state index contributed by atoms with van der Waals surface area (Å²) in [6.45, 7) is 1.05. The van der Waals surface area contributed by atoms with Crippen LogP contribution in [0.5, 0.6) is 0 Å². The number of ketones is 1. The first-order valence-electron chi connectivity index (χ1n) is 6.18. The van der Waals surface area contributed by atoms with Gasteiger partial charge < -0.3 is 4.74 Å². The van der Waals surface area contributed by atoms with Crippen LogP contribution in [0.4, 0.5) is 0 Å². The van der Waals surface area contributed by atoms with Crippen LogP contribution in [-0.2, 0) is 19.6 Å². The second-order valence-electron chi connectivity index (χ2n) is 4.79. The number of hydrogen-bond donors (Lipinski definition) is 1. The maximum atomic E-state index is 12.1. The van der Waals surface area contributed by atoms with Gasteiger partial charge in [-0.25, -0.2) is 13.1 Å². The number of carbonyl (C=O) groups is 1. The highest BCUT2D eigenvalue weighted by Crippen LogP contribution is 2.19. The second kappa shape index (κ2) is 5.46. The second-order valence-corrected chi connectivity index (χ2v) is 6.78. The summed E-state index contributed by atoms with van der Waals surface area (Å²) in [6, 6.07) is -0.0551. The topological polar surface area (TPSA) is 72.5 Å². The predicted octanol–water partition coefficient (Wildman–Crippen LogP) is 0.596. The average molecular weight is 261 g/mol. The Morgan fingerprint density at radius 1 is 1.06 bits per heavy atom. The van der Waals surface area contributed by atoms with E-state index in [0.717, 1.165) is 0 Å². The summed E-state index contributed by atoms with van der Waals surface area (Å²) < 4.78 is 32.1. The molecule has 0 bridgehead atoms. The van der Waals surface area contributed by atoms with Crippen LogP contribution in [0.15, 0.2) is 0 Å². The van der Waals surface area contributed by atoms with E-state index in [0.29, 0.717) is 51.7 Å². The molecule has 0 atom stereocenters. The lowest BCUT2D eigenvalue weighted by molar-refractivity contribution is -0.120. The van der Waals surface area contributed by atoms with E-state index in [1.807, 2.05) is 0 Å². The number of hydrogen-bond acceptors (Lipinski definition) is 4. The maximum absolute atomic E-state index is 12.1. The Balaban J connectivity index is 1.90. The Labute approximate surface area is 102 Å². The zero-order chi connectivity index (χ0) is 12.3. The van der Waals surface area contributed by atoms with E-state index in [4.69, 9.17) is 4.74 Å². The Kier molecular flexibility index (Phi) is 4.17. The lowest BCUT2D eigenvalue weighted by Gasteiger charge is -2.27. The van der Waals surface area contributed by atoms with Crippen molar-refractivity contribution in [2.24, 2.45) is 0 Å². The van der Waals surface area contributed by atoms with Gasteiger partial charge in [-0.3, -0.25) is 4.79 Å². The fourth-order valence-corrected chi connectivity index (χ4v) is 4.08. The van der Waals surface area contributed by atoms with Gasteiger partial charge in [0.25, 0.3) is 0 Å². The molecule has 1 saturated carbocycles. The van der Waals surface area contributed by atoms with Gasteiger partial charge in [0.2, 0.25) is 10.0 Å². The average Bonchev–Trinajstić information content (AvgIpc) is 2.33. The van der Waals surface area contributed by atoms with E-state index in [1.54, 1.807) is 0 Å². The van der Waals surface area contributed by atoms with Crippen molar-refractivity contribution >= 4 is 15.8 Å². The molecule has 98 valence electrons. The van der Waals surface area contributed by atoms with E-state index in [1.165, 1.54) is 0 Å². The number of sulfonamides is 1. The smallest absolute Gasteiger partial charge is 0.214 e. The fraction of sp³-hybridized carbons (Fsp3) is 0.909. The molecule has 0 aromatic rings.